The SMILES string of the molecule is O=Cc1ccc(Br)cc1C(=O)c1ccc([N+](=O)[O-])cc1. The number of ketones is 1. The first-order valence-corrected chi connectivity index (χ1v) is 6.36. The number of halogens is 1. The topological polar surface area (TPSA) is 77.3 Å². The number of non-ortho nitro benzene ring substituents is 1. The molecule has 0 amide bonds. The molecule has 5 nitrogen and oxygen atoms in total. The van der Waals surface area contributed by atoms with Crippen LogP contribution >= 0.6 is 15.9 Å². The largest absolute Gasteiger partial charge is 0.298 e. The number of nitro groups is 1. The van der Waals surface area contributed by atoms with E-state index in [2.05, 4.69) is 15.9 Å². The van der Waals surface area contributed by atoms with Gasteiger partial charge in [0, 0.05) is 33.3 Å². The standard InChI is InChI=1S/C14H8BrNO4/c15-11-4-1-10(8-17)13(7-11)14(18)9-2-5-12(6-3-9)16(19)20/h1-8H. The molecule has 0 heterocycles. The highest BCUT2D eigenvalue weighted by molar-refractivity contribution is 9.10. The number of aldehydes is 1. The number of nitro benzene ring substituents is 1. The number of nitrogens with zero attached hydrogens (tertiary/aromatic N) is 1. The molecule has 0 aliphatic carbocycles. The highest BCUT2D eigenvalue weighted by Crippen LogP contribution is 2.20. The van der Waals surface area contributed by atoms with Gasteiger partial charge in [0.05, 0.1) is 4.92 Å². The van der Waals surface area contributed by atoms with Gasteiger partial charge in [-0.05, 0) is 30.3 Å². The van der Waals surface area contributed by atoms with Crippen LogP contribution in [0.2, 0.25) is 0 Å². The zero-order valence-corrected chi connectivity index (χ0v) is 11.7. The molecule has 2 aromatic rings. The molecule has 0 saturated carbocycles. The first-order valence-electron chi connectivity index (χ1n) is 5.57. The summed E-state index contributed by atoms with van der Waals surface area (Å²) in [5.74, 6) is -0.358. The molecule has 0 spiro atoms. The molecule has 2 aromatic carbocycles. The van der Waals surface area contributed by atoms with E-state index in [-0.39, 0.29) is 28.2 Å². The Morgan fingerprint density at radius 2 is 1.80 bits per heavy atom. The summed E-state index contributed by atoms with van der Waals surface area (Å²) in [6.07, 6.45) is 0.602. The summed E-state index contributed by atoms with van der Waals surface area (Å²) in [7, 11) is 0. The molecule has 0 N–H and O–H groups in total. The summed E-state index contributed by atoms with van der Waals surface area (Å²) in [6.45, 7) is 0. The summed E-state index contributed by atoms with van der Waals surface area (Å²) >= 11 is 3.24. The number of rotatable bonds is 4. The van der Waals surface area contributed by atoms with Crippen LogP contribution in [0, 0.1) is 10.1 Å². The van der Waals surface area contributed by atoms with Crippen LogP contribution in [0.1, 0.15) is 26.3 Å². The van der Waals surface area contributed by atoms with Crippen molar-refractivity contribution >= 4 is 33.7 Å². The van der Waals surface area contributed by atoms with Crippen molar-refractivity contribution < 1.29 is 14.5 Å². The molecule has 0 fully saturated rings. The fourth-order valence-corrected chi connectivity index (χ4v) is 2.08. The Hall–Kier alpha value is -2.34. The molecule has 0 aliphatic heterocycles. The van der Waals surface area contributed by atoms with Crippen LogP contribution in [0.4, 0.5) is 5.69 Å². The number of hydrogen-bond donors (Lipinski definition) is 0. The Morgan fingerprint density at radius 3 is 2.35 bits per heavy atom. The van der Waals surface area contributed by atoms with Crippen LogP contribution in [-0.4, -0.2) is 17.0 Å². The molecule has 6 heteroatoms. The van der Waals surface area contributed by atoms with Gasteiger partial charge in [-0.3, -0.25) is 19.7 Å². The molecular formula is C14H8BrNO4. The van der Waals surface area contributed by atoms with E-state index in [1.165, 1.54) is 30.3 Å². The normalized spacial score (nSPS) is 10.1. The Balaban J connectivity index is 2.43. The zero-order valence-electron chi connectivity index (χ0n) is 10.1. The van der Waals surface area contributed by atoms with Gasteiger partial charge in [-0.25, -0.2) is 0 Å². The highest BCUT2D eigenvalue weighted by Gasteiger charge is 2.15. The molecule has 0 unspecified atom stereocenters. The van der Waals surface area contributed by atoms with Gasteiger partial charge in [-0.2, -0.15) is 0 Å². The van der Waals surface area contributed by atoms with E-state index in [0.717, 1.165) is 0 Å². The smallest absolute Gasteiger partial charge is 0.269 e. The molecule has 0 bridgehead atoms. The Labute approximate surface area is 122 Å². The Bertz CT molecular complexity index is 695. The van der Waals surface area contributed by atoms with Crippen molar-refractivity contribution in [2.75, 3.05) is 0 Å². The van der Waals surface area contributed by atoms with Crippen molar-refractivity contribution in [1.29, 1.82) is 0 Å². The number of carbonyl (C=O) groups is 2. The van der Waals surface area contributed by atoms with Gasteiger partial charge in [0.2, 0.25) is 0 Å². The predicted molar refractivity (Wildman–Crippen MR) is 76.1 cm³/mol. The fourth-order valence-electron chi connectivity index (χ4n) is 1.72. The van der Waals surface area contributed by atoms with Gasteiger partial charge in [-0.1, -0.05) is 15.9 Å². The van der Waals surface area contributed by atoms with Crippen molar-refractivity contribution in [1.82, 2.24) is 0 Å². The number of hydrogen-bond acceptors (Lipinski definition) is 4. The fraction of sp³-hybridized carbons (Fsp3) is 0. The molecule has 0 radical (unpaired) electrons. The van der Waals surface area contributed by atoms with Gasteiger partial charge in [0.15, 0.2) is 12.1 Å². The lowest BCUT2D eigenvalue weighted by atomic mass is 9.99. The van der Waals surface area contributed by atoms with E-state index in [9.17, 15) is 19.7 Å². The second-order valence-electron chi connectivity index (χ2n) is 3.98. The average Bonchev–Trinajstić information content (AvgIpc) is 2.46. The van der Waals surface area contributed by atoms with Gasteiger partial charge < -0.3 is 0 Å². The molecule has 0 saturated heterocycles. The van der Waals surface area contributed by atoms with E-state index in [0.29, 0.717) is 10.8 Å². The number of benzene rings is 2. The average molecular weight is 334 g/mol. The van der Waals surface area contributed by atoms with Gasteiger partial charge in [0.1, 0.15) is 0 Å². The summed E-state index contributed by atoms with van der Waals surface area (Å²) < 4.78 is 0.674. The van der Waals surface area contributed by atoms with Crippen molar-refractivity contribution in [2.24, 2.45) is 0 Å². The molecule has 0 aromatic heterocycles. The first kappa shape index (κ1) is 14.1. The van der Waals surface area contributed by atoms with E-state index in [1.807, 2.05) is 0 Å². The van der Waals surface area contributed by atoms with Crippen molar-refractivity contribution in [3.63, 3.8) is 0 Å². The maximum absolute atomic E-state index is 12.3. The van der Waals surface area contributed by atoms with Gasteiger partial charge in [-0.15, -0.1) is 0 Å². The van der Waals surface area contributed by atoms with Crippen molar-refractivity contribution in [2.45, 2.75) is 0 Å². The lowest BCUT2D eigenvalue weighted by Crippen LogP contribution is -2.05. The quantitative estimate of drug-likeness (QED) is 0.372. The van der Waals surface area contributed by atoms with Crippen molar-refractivity contribution in [3.05, 3.63) is 73.7 Å². The summed E-state index contributed by atoms with van der Waals surface area (Å²) in [6, 6.07) is 10.0. The van der Waals surface area contributed by atoms with Gasteiger partial charge in [0.25, 0.3) is 5.69 Å². The third-order valence-corrected chi connectivity index (χ3v) is 3.22. The lowest BCUT2D eigenvalue weighted by molar-refractivity contribution is -0.384. The molecule has 0 aliphatic rings. The van der Waals surface area contributed by atoms with Crippen LogP contribution in [0.5, 0.6) is 0 Å². The minimum absolute atomic E-state index is 0.0913. The Kier molecular flexibility index (Phi) is 4.05. The Morgan fingerprint density at radius 1 is 1.15 bits per heavy atom. The van der Waals surface area contributed by atoms with E-state index < -0.39 is 4.92 Å². The minimum atomic E-state index is -0.537. The molecular weight excluding hydrogens is 326 g/mol. The van der Waals surface area contributed by atoms with E-state index >= 15 is 0 Å². The molecule has 20 heavy (non-hydrogen) atoms. The third kappa shape index (κ3) is 2.80. The van der Waals surface area contributed by atoms with Crippen LogP contribution in [-0.2, 0) is 0 Å². The van der Waals surface area contributed by atoms with Crippen LogP contribution in [0.15, 0.2) is 46.9 Å². The maximum Gasteiger partial charge on any atom is 0.269 e. The summed E-state index contributed by atoms with van der Waals surface area (Å²) in [5.41, 5.74) is 0.725. The van der Waals surface area contributed by atoms with Crippen LogP contribution in [0.25, 0.3) is 0 Å². The predicted octanol–water partition coefficient (Wildman–Crippen LogP) is 3.40. The number of carbonyl (C=O) groups excluding carboxylic acids is 2. The van der Waals surface area contributed by atoms with Crippen LogP contribution in [0.3, 0.4) is 0 Å². The molecule has 2 rings (SSSR count). The zero-order chi connectivity index (χ0) is 14.7. The van der Waals surface area contributed by atoms with E-state index in [4.69, 9.17) is 0 Å². The summed E-state index contributed by atoms with van der Waals surface area (Å²) in [5, 5.41) is 10.6. The molecule has 0 atom stereocenters. The first-order chi connectivity index (χ1) is 9.52. The molecule has 100 valence electrons. The minimum Gasteiger partial charge on any atom is -0.298 e. The van der Waals surface area contributed by atoms with Crippen LogP contribution < -0.4 is 0 Å². The van der Waals surface area contributed by atoms with Crippen molar-refractivity contribution in [3.8, 4) is 0 Å². The van der Waals surface area contributed by atoms with E-state index in [1.54, 1.807) is 12.1 Å². The lowest BCUT2D eigenvalue weighted by Gasteiger charge is -2.05. The summed E-state index contributed by atoms with van der Waals surface area (Å²) in [4.78, 5) is 33.3. The monoisotopic (exact) mass is 333 g/mol. The van der Waals surface area contributed by atoms with Gasteiger partial charge >= 0.3 is 0 Å². The second kappa shape index (κ2) is 5.75. The second-order valence-corrected chi connectivity index (χ2v) is 4.90. The maximum atomic E-state index is 12.3. The highest BCUT2D eigenvalue weighted by atomic mass is 79.9. The third-order valence-electron chi connectivity index (χ3n) is 2.73.